The average Bonchev–Trinajstić information content (AvgIpc) is 2.68. The molecule has 0 bridgehead atoms. The number of nitrogens with one attached hydrogen (secondary N) is 1. The van der Waals surface area contributed by atoms with Gasteiger partial charge in [-0.2, -0.15) is 0 Å². The van der Waals surface area contributed by atoms with Crippen LogP contribution in [0.4, 0.5) is 10.5 Å². The first-order valence-electron chi connectivity index (χ1n) is 9.18. The zero-order chi connectivity index (χ0) is 18.6. The Morgan fingerprint density at radius 1 is 1.11 bits per heavy atom. The fourth-order valence-corrected chi connectivity index (χ4v) is 3.27. The Bertz CT molecular complexity index is 952. The molecule has 1 aliphatic heterocycles. The molecule has 0 aliphatic carbocycles. The van der Waals surface area contributed by atoms with Crippen molar-refractivity contribution in [3.05, 3.63) is 60.3 Å². The van der Waals surface area contributed by atoms with Crippen LogP contribution < -0.4 is 10.1 Å². The molecule has 2 heterocycles. The van der Waals surface area contributed by atoms with Gasteiger partial charge in [0, 0.05) is 31.6 Å². The Balaban J connectivity index is 1.32. The molecule has 0 spiro atoms. The fraction of sp³-hybridized carbons (Fsp3) is 0.286. The molecule has 138 valence electrons. The van der Waals surface area contributed by atoms with E-state index in [0.29, 0.717) is 19.0 Å². The fourth-order valence-electron chi connectivity index (χ4n) is 3.27. The van der Waals surface area contributed by atoms with Gasteiger partial charge in [0.25, 0.3) is 0 Å². The second-order valence-electron chi connectivity index (χ2n) is 6.80. The van der Waals surface area contributed by atoms with Gasteiger partial charge in [-0.25, -0.2) is 14.8 Å². The first-order valence-corrected chi connectivity index (χ1v) is 9.18. The summed E-state index contributed by atoms with van der Waals surface area (Å²) >= 11 is 0. The molecule has 2 aromatic carbocycles. The van der Waals surface area contributed by atoms with Gasteiger partial charge < -0.3 is 15.0 Å². The normalized spacial score (nSPS) is 14.9. The van der Waals surface area contributed by atoms with Crippen LogP contribution in [0.5, 0.6) is 5.88 Å². The summed E-state index contributed by atoms with van der Waals surface area (Å²) in [6.07, 6.45) is 3.26. The number of anilines is 1. The molecule has 0 radical (unpaired) electrons. The first-order chi connectivity index (χ1) is 13.2. The number of aryl methyl sites for hydroxylation is 1. The maximum Gasteiger partial charge on any atom is 0.321 e. The Hall–Kier alpha value is -3.15. The number of piperidine rings is 1. The third-order valence-electron chi connectivity index (χ3n) is 4.71. The summed E-state index contributed by atoms with van der Waals surface area (Å²) in [6.45, 7) is 3.32. The summed E-state index contributed by atoms with van der Waals surface area (Å²) in [7, 11) is 0. The van der Waals surface area contributed by atoms with Crippen molar-refractivity contribution in [1.29, 1.82) is 0 Å². The number of para-hydroxylation sites is 2. The van der Waals surface area contributed by atoms with Crippen LogP contribution in [0.2, 0.25) is 0 Å². The minimum absolute atomic E-state index is 0.0449. The van der Waals surface area contributed by atoms with Crippen LogP contribution in [0.15, 0.2) is 54.7 Å². The van der Waals surface area contributed by atoms with Crippen LogP contribution >= 0.6 is 0 Å². The maximum absolute atomic E-state index is 12.4. The molecular formula is C21H22N4O2. The predicted octanol–water partition coefficient (Wildman–Crippen LogP) is 4.01. The number of benzene rings is 2. The van der Waals surface area contributed by atoms with Gasteiger partial charge in [-0.15, -0.1) is 0 Å². The molecule has 1 N–H and O–H groups in total. The molecule has 6 heteroatoms. The number of likely N-dealkylation sites (tertiary alicyclic amines) is 1. The lowest BCUT2D eigenvalue weighted by Crippen LogP contribution is -2.43. The summed E-state index contributed by atoms with van der Waals surface area (Å²) in [5, 5.41) is 2.96. The summed E-state index contributed by atoms with van der Waals surface area (Å²) in [5.41, 5.74) is 3.62. The van der Waals surface area contributed by atoms with Crippen LogP contribution in [0, 0.1) is 6.92 Å². The van der Waals surface area contributed by atoms with Crippen LogP contribution in [-0.2, 0) is 0 Å². The zero-order valence-corrected chi connectivity index (χ0v) is 15.3. The van der Waals surface area contributed by atoms with Crippen molar-refractivity contribution in [2.24, 2.45) is 0 Å². The lowest BCUT2D eigenvalue weighted by Gasteiger charge is -2.31. The molecule has 6 nitrogen and oxygen atoms in total. The molecular weight excluding hydrogens is 340 g/mol. The van der Waals surface area contributed by atoms with E-state index in [0.717, 1.165) is 35.1 Å². The van der Waals surface area contributed by atoms with Crippen molar-refractivity contribution in [2.45, 2.75) is 25.9 Å². The SMILES string of the molecule is Cc1cccc(NC(=O)N2CCC(Oc3cnc4ccccc4n3)CC2)c1. The quantitative estimate of drug-likeness (QED) is 0.764. The highest BCUT2D eigenvalue weighted by Gasteiger charge is 2.24. The standard InChI is InChI=1S/C21H22N4O2/c1-15-5-4-6-16(13-15)23-21(26)25-11-9-17(10-12-25)27-20-14-22-18-7-2-3-8-19(18)24-20/h2-8,13-14,17H,9-12H2,1H3,(H,23,26). The number of fused-ring (bicyclic) bond motifs is 1. The van der Waals surface area contributed by atoms with Gasteiger partial charge in [0.05, 0.1) is 17.2 Å². The van der Waals surface area contributed by atoms with Gasteiger partial charge in [0.1, 0.15) is 6.10 Å². The van der Waals surface area contributed by atoms with Gasteiger partial charge in [0.15, 0.2) is 0 Å². The second-order valence-corrected chi connectivity index (χ2v) is 6.80. The van der Waals surface area contributed by atoms with Crippen molar-refractivity contribution < 1.29 is 9.53 Å². The molecule has 4 rings (SSSR count). The number of rotatable bonds is 3. The third-order valence-corrected chi connectivity index (χ3v) is 4.71. The van der Waals surface area contributed by atoms with E-state index in [1.165, 1.54) is 0 Å². The summed E-state index contributed by atoms with van der Waals surface area (Å²) in [6, 6.07) is 15.5. The van der Waals surface area contributed by atoms with Crippen molar-refractivity contribution in [3.8, 4) is 5.88 Å². The number of hydrogen-bond donors (Lipinski definition) is 1. The van der Waals surface area contributed by atoms with E-state index in [1.807, 2.05) is 60.4 Å². The van der Waals surface area contributed by atoms with E-state index >= 15 is 0 Å². The molecule has 1 aromatic heterocycles. The Morgan fingerprint density at radius 2 is 1.89 bits per heavy atom. The zero-order valence-electron chi connectivity index (χ0n) is 15.3. The minimum Gasteiger partial charge on any atom is -0.473 e. The van der Waals surface area contributed by atoms with Gasteiger partial charge in [-0.3, -0.25) is 0 Å². The number of hydrogen-bond acceptors (Lipinski definition) is 4. The monoisotopic (exact) mass is 362 g/mol. The van der Waals surface area contributed by atoms with E-state index in [9.17, 15) is 4.79 Å². The number of ether oxygens (including phenoxy) is 1. The van der Waals surface area contributed by atoms with Gasteiger partial charge in [-0.05, 0) is 36.8 Å². The Labute approximate surface area is 158 Å². The van der Waals surface area contributed by atoms with Gasteiger partial charge in [-0.1, -0.05) is 24.3 Å². The molecule has 0 unspecified atom stereocenters. The first kappa shape index (κ1) is 17.3. The molecule has 3 aromatic rings. The predicted molar refractivity (Wildman–Crippen MR) is 105 cm³/mol. The van der Waals surface area contributed by atoms with E-state index in [-0.39, 0.29) is 12.1 Å². The van der Waals surface area contributed by atoms with E-state index in [2.05, 4.69) is 15.3 Å². The number of nitrogens with zero attached hydrogens (tertiary/aromatic N) is 3. The van der Waals surface area contributed by atoms with Crippen LogP contribution in [0.25, 0.3) is 11.0 Å². The summed E-state index contributed by atoms with van der Waals surface area (Å²) < 4.78 is 5.99. The highest BCUT2D eigenvalue weighted by molar-refractivity contribution is 5.89. The lowest BCUT2D eigenvalue weighted by molar-refractivity contribution is 0.111. The van der Waals surface area contributed by atoms with Crippen molar-refractivity contribution in [1.82, 2.24) is 14.9 Å². The summed E-state index contributed by atoms with van der Waals surface area (Å²) in [5.74, 6) is 0.538. The molecule has 1 fully saturated rings. The lowest BCUT2D eigenvalue weighted by atomic mass is 10.1. The maximum atomic E-state index is 12.4. The Kier molecular flexibility index (Phi) is 4.87. The van der Waals surface area contributed by atoms with Crippen molar-refractivity contribution >= 4 is 22.8 Å². The number of carbonyl (C=O) groups excluding carboxylic acids is 1. The van der Waals surface area contributed by atoms with Gasteiger partial charge in [0.2, 0.25) is 5.88 Å². The molecule has 0 saturated carbocycles. The molecule has 2 amide bonds. The Morgan fingerprint density at radius 3 is 2.67 bits per heavy atom. The third kappa shape index (κ3) is 4.16. The molecule has 0 atom stereocenters. The van der Waals surface area contributed by atoms with E-state index < -0.39 is 0 Å². The molecule has 1 aliphatic rings. The number of carbonyl (C=O) groups is 1. The van der Waals surface area contributed by atoms with Crippen LogP contribution in [-0.4, -0.2) is 40.1 Å². The van der Waals surface area contributed by atoms with E-state index in [4.69, 9.17) is 4.74 Å². The summed E-state index contributed by atoms with van der Waals surface area (Å²) in [4.78, 5) is 23.2. The van der Waals surface area contributed by atoms with E-state index in [1.54, 1.807) is 6.20 Å². The highest BCUT2D eigenvalue weighted by Crippen LogP contribution is 2.20. The number of amides is 2. The second kappa shape index (κ2) is 7.61. The van der Waals surface area contributed by atoms with Crippen molar-refractivity contribution in [3.63, 3.8) is 0 Å². The smallest absolute Gasteiger partial charge is 0.321 e. The number of urea groups is 1. The van der Waals surface area contributed by atoms with Crippen LogP contribution in [0.3, 0.4) is 0 Å². The largest absolute Gasteiger partial charge is 0.473 e. The highest BCUT2D eigenvalue weighted by atomic mass is 16.5. The average molecular weight is 362 g/mol. The molecule has 1 saturated heterocycles. The topological polar surface area (TPSA) is 67.4 Å². The van der Waals surface area contributed by atoms with Crippen LogP contribution in [0.1, 0.15) is 18.4 Å². The number of aromatic nitrogens is 2. The molecule has 27 heavy (non-hydrogen) atoms. The van der Waals surface area contributed by atoms with Crippen molar-refractivity contribution in [2.75, 3.05) is 18.4 Å². The van der Waals surface area contributed by atoms with Gasteiger partial charge >= 0.3 is 6.03 Å². The minimum atomic E-state index is -0.0652.